The lowest BCUT2D eigenvalue weighted by molar-refractivity contribution is -0.121. The molecule has 0 radical (unpaired) electrons. The highest BCUT2D eigenvalue weighted by atomic mass is 19.1. The zero-order valence-corrected chi connectivity index (χ0v) is 19.4. The van der Waals surface area contributed by atoms with E-state index >= 15 is 0 Å². The van der Waals surface area contributed by atoms with Gasteiger partial charge in [-0.05, 0) is 38.0 Å². The molecule has 1 aliphatic carbocycles. The predicted octanol–water partition coefficient (Wildman–Crippen LogP) is 3.96. The maximum atomic E-state index is 14.6. The van der Waals surface area contributed by atoms with E-state index < -0.39 is 11.4 Å². The van der Waals surface area contributed by atoms with Crippen molar-refractivity contribution in [3.8, 4) is 5.69 Å². The van der Waals surface area contributed by atoms with Crippen molar-refractivity contribution in [3.63, 3.8) is 0 Å². The molecule has 180 valence electrons. The van der Waals surface area contributed by atoms with E-state index in [1.165, 1.54) is 13.0 Å². The number of aromatic nitrogens is 4. The van der Waals surface area contributed by atoms with Crippen molar-refractivity contribution in [2.24, 2.45) is 0 Å². The van der Waals surface area contributed by atoms with Crippen molar-refractivity contribution in [1.29, 1.82) is 0 Å². The Balaban J connectivity index is 1.38. The van der Waals surface area contributed by atoms with E-state index in [1.807, 2.05) is 0 Å². The highest BCUT2D eigenvalue weighted by Crippen LogP contribution is 2.34. The molecular formula is C24H29FN6O3. The molecule has 0 spiro atoms. The number of aryl methyl sites for hydroxylation is 2. The summed E-state index contributed by atoms with van der Waals surface area (Å²) in [5.41, 5.74) is 0.0930. The van der Waals surface area contributed by atoms with E-state index in [0.717, 1.165) is 38.5 Å². The lowest BCUT2D eigenvalue weighted by Gasteiger charge is -2.30. The van der Waals surface area contributed by atoms with Crippen molar-refractivity contribution in [2.45, 2.75) is 70.8 Å². The topological polar surface area (TPSA) is 115 Å². The molecule has 0 bridgehead atoms. The lowest BCUT2D eigenvalue weighted by atomic mass is 9.89. The Morgan fingerprint density at radius 1 is 1.21 bits per heavy atom. The van der Waals surface area contributed by atoms with Crippen LogP contribution in [0.2, 0.25) is 0 Å². The Labute approximate surface area is 197 Å². The number of hydrogen-bond acceptors (Lipinski definition) is 6. The summed E-state index contributed by atoms with van der Waals surface area (Å²) >= 11 is 0. The summed E-state index contributed by atoms with van der Waals surface area (Å²) in [5.74, 6) is 0.570. The molecule has 1 aliphatic rings. The Morgan fingerprint density at radius 3 is 2.62 bits per heavy atom. The molecule has 2 heterocycles. The Bertz CT molecular complexity index is 1160. The largest absolute Gasteiger partial charge is 0.343 e. The molecule has 4 rings (SSSR count). The van der Waals surface area contributed by atoms with Crippen LogP contribution in [0.5, 0.6) is 0 Å². The highest BCUT2D eigenvalue weighted by molar-refractivity contribution is 5.90. The van der Waals surface area contributed by atoms with Gasteiger partial charge in [0.1, 0.15) is 17.2 Å². The Hall–Kier alpha value is -3.56. The van der Waals surface area contributed by atoms with Gasteiger partial charge in [-0.15, -0.1) is 0 Å². The van der Waals surface area contributed by atoms with Crippen LogP contribution in [0.15, 0.2) is 35.1 Å². The number of carbonyl (C=O) groups excluding carboxylic acids is 2. The molecule has 2 N–H and O–H groups in total. The Morgan fingerprint density at radius 2 is 1.97 bits per heavy atom. The average Bonchev–Trinajstić information content (AvgIpc) is 3.37. The first-order valence-corrected chi connectivity index (χ1v) is 11.6. The fourth-order valence-corrected chi connectivity index (χ4v) is 4.48. The molecule has 2 aromatic heterocycles. The first kappa shape index (κ1) is 23.6. The number of imidazole rings is 1. The van der Waals surface area contributed by atoms with Crippen LogP contribution in [-0.2, 0) is 21.5 Å². The molecule has 1 fully saturated rings. The number of nitrogens with zero attached hydrogens (tertiary/aromatic N) is 4. The van der Waals surface area contributed by atoms with Crippen molar-refractivity contribution in [2.75, 3.05) is 5.32 Å². The lowest BCUT2D eigenvalue weighted by Crippen LogP contribution is -2.45. The van der Waals surface area contributed by atoms with Gasteiger partial charge < -0.3 is 19.7 Å². The minimum atomic E-state index is -0.626. The Kier molecular flexibility index (Phi) is 7.04. The van der Waals surface area contributed by atoms with E-state index in [9.17, 15) is 14.0 Å². The molecule has 9 nitrogen and oxygen atoms in total. The number of benzene rings is 1. The average molecular weight is 469 g/mol. The fourth-order valence-electron chi connectivity index (χ4n) is 4.48. The molecule has 10 heteroatoms. The normalized spacial score (nSPS) is 15.5. The maximum Gasteiger partial charge on any atom is 0.227 e. The number of amides is 2. The third kappa shape index (κ3) is 5.32. The standard InChI is InChI=1S/C24H29FN6O3/c1-16-26-13-14-31(16)20-8-7-18(15-19(20)25)27-21(33)9-10-22-28-23(30-34-22)24(29-17(2)32)11-5-3-4-6-12-24/h7-8,13-15H,3-6,9-12H2,1-2H3,(H,27,33)(H,29,32). The number of rotatable bonds is 7. The summed E-state index contributed by atoms with van der Waals surface area (Å²) in [5, 5.41) is 9.87. The van der Waals surface area contributed by atoms with E-state index in [4.69, 9.17) is 4.52 Å². The summed E-state index contributed by atoms with van der Waals surface area (Å²) in [6, 6.07) is 4.52. The van der Waals surface area contributed by atoms with Gasteiger partial charge in [-0.2, -0.15) is 4.98 Å². The smallest absolute Gasteiger partial charge is 0.227 e. The van der Waals surface area contributed by atoms with Crippen LogP contribution < -0.4 is 10.6 Å². The van der Waals surface area contributed by atoms with E-state index in [2.05, 4.69) is 25.8 Å². The van der Waals surface area contributed by atoms with Gasteiger partial charge in [0.25, 0.3) is 0 Å². The molecule has 0 aliphatic heterocycles. The maximum absolute atomic E-state index is 14.6. The monoisotopic (exact) mass is 468 g/mol. The molecule has 0 atom stereocenters. The van der Waals surface area contributed by atoms with Gasteiger partial charge in [0.05, 0.1) is 5.69 Å². The van der Waals surface area contributed by atoms with Crippen LogP contribution in [0.25, 0.3) is 5.69 Å². The van der Waals surface area contributed by atoms with Crippen LogP contribution in [0, 0.1) is 12.7 Å². The molecule has 2 amide bonds. The van der Waals surface area contributed by atoms with Gasteiger partial charge in [-0.1, -0.05) is 30.8 Å². The first-order chi connectivity index (χ1) is 16.4. The number of carbonyl (C=O) groups is 2. The van der Waals surface area contributed by atoms with Crippen LogP contribution in [0.4, 0.5) is 10.1 Å². The minimum Gasteiger partial charge on any atom is -0.343 e. The molecule has 1 aromatic carbocycles. The van der Waals surface area contributed by atoms with Crippen LogP contribution >= 0.6 is 0 Å². The van der Waals surface area contributed by atoms with Gasteiger partial charge in [0.2, 0.25) is 17.7 Å². The van der Waals surface area contributed by atoms with Crippen molar-refractivity contribution in [3.05, 3.63) is 53.9 Å². The summed E-state index contributed by atoms with van der Waals surface area (Å²) < 4.78 is 21.6. The molecular weight excluding hydrogens is 439 g/mol. The summed E-state index contributed by atoms with van der Waals surface area (Å²) in [7, 11) is 0. The van der Waals surface area contributed by atoms with Crippen LogP contribution in [-0.4, -0.2) is 31.5 Å². The minimum absolute atomic E-state index is 0.0960. The molecule has 3 aromatic rings. The van der Waals surface area contributed by atoms with Crippen LogP contribution in [0.1, 0.15) is 69.4 Å². The molecule has 0 unspecified atom stereocenters. The van der Waals surface area contributed by atoms with E-state index in [1.54, 1.807) is 36.0 Å². The summed E-state index contributed by atoms with van der Waals surface area (Å²) in [6.45, 7) is 3.27. The zero-order valence-electron chi connectivity index (χ0n) is 19.4. The second kappa shape index (κ2) is 10.1. The second-order valence-electron chi connectivity index (χ2n) is 8.75. The number of halogens is 1. The third-order valence-corrected chi connectivity index (χ3v) is 6.15. The summed E-state index contributed by atoms with van der Waals surface area (Å²) in [6.07, 6.45) is 9.29. The van der Waals surface area contributed by atoms with E-state index in [0.29, 0.717) is 28.9 Å². The quantitative estimate of drug-likeness (QED) is 0.507. The summed E-state index contributed by atoms with van der Waals surface area (Å²) in [4.78, 5) is 32.9. The van der Waals surface area contributed by atoms with Gasteiger partial charge in [0, 0.05) is 37.8 Å². The molecule has 34 heavy (non-hydrogen) atoms. The number of nitrogens with one attached hydrogen (secondary N) is 2. The van der Waals surface area contributed by atoms with Gasteiger partial charge in [-0.3, -0.25) is 9.59 Å². The molecule has 0 saturated heterocycles. The second-order valence-corrected chi connectivity index (χ2v) is 8.75. The highest BCUT2D eigenvalue weighted by Gasteiger charge is 2.38. The number of hydrogen-bond donors (Lipinski definition) is 2. The van der Waals surface area contributed by atoms with Gasteiger partial charge in [0.15, 0.2) is 5.82 Å². The first-order valence-electron chi connectivity index (χ1n) is 11.6. The zero-order chi connectivity index (χ0) is 24.1. The SMILES string of the molecule is CC(=O)NC1(c2noc(CCC(=O)Nc3ccc(-n4ccnc4C)c(F)c3)n2)CCCCCC1. The fraction of sp³-hybridized carbons (Fsp3) is 0.458. The van der Waals surface area contributed by atoms with Gasteiger partial charge >= 0.3 is 0 Å². The van der Waals surface area contributed by atoms with E-state index in [-0.39, 0.29) is 24.7 Å². The van der Waals surface area contributed by atoms with Crippen molar-refractivity contribution in [1.82, 2.24) is 25.0 Å². The van der Waals surface area contributed by atoms with Crippen LogP contribution in [0.3, 0.4) is 0 Å². The van der Waals surface area contributed by atoms with Gasteiger partial charge in [-0.25, -0.2) is 9.37 Å². The predicted molar refractivity (Wildman–Crippen MR) is 123 cm³/mol. The number of anilines is 1. The molecule has 1 saturated carbocycles. The van der Waals surface area contributed by atoms with Crippen molar-refractivity contribution >= 4 is 17.5 Å². The third-order valence-electron chi connectivity index (χ3n) is 6.15. The van der Waals surface area contributed by atoms with Crippen molar-refractivity contribution < 1.29 is 18.5 Å².